The molecule has 1 aromatic rings. The summed E-state index contributed by atoms with van der Waals surface area (Å²) < 4.78 is 27.4. The van der Waals surface area contributed by atoms with Gasteiger partial charge >= 0.3 is 0 Å². The van der Waals surface area contributed by atoms with Crippen LogP contribution in [0, 0.1) is 0 Å². The monoisotopic (exact) mass is 300 g/mol. The summed E-state index contributed by atoms with van der Waals surface area (Å²) in [7, 11) is -3.41. The van der Waals surface area contributed by atoms with Crippen LogP contribution in [0.2, 0.25) is 0 Å². The lowest BCUT2D eigenvalue weighted by molar-refractivity contribution is 0.373. The van der Waals surface area contributed by atoms with Crippen LogP contribution < -0.4 is 10.5 Å². The summed E-state index contributed by atoms with van der Waals surface area (Å²) in [4.78, 5) is 1.29. The number of nitrogens with one attached hydrogen (secondary N) is 1. The summed E-state index contributed by atoms with van der Waals surface area (Å²) in [6.45, 7) is 0. The molecule has 19 heavy (non-hydrogen) atoms. The Morgan fingerprint density at radius 2 is 1.95 bits per heavy atom. The fourth-order valence-electron chi connectivity index (χ4n) is 2.29. The van der Waals surface area contributed by atoms with E-state index in [-0.39, 0.29) is 12.1 Å². The van der Waals surface area contributed by atoms with Crippen molar-refractivity contribution in [1.82, 2.24) is 4.72 Å². The van der Waals surface area contributed by atoms with Crippen molar-refractivity contribution in [3.05, 3.63) is 24.3 Å². The second kappa shape index (κ2) is 6.26. The van der Waals surface area contributed by atoms with E-state index < -0.39 is 10.0 Å². The molecule has 0 saturated heterocycles. The smallest absolute Gasteiger partial charge is 0.240 e. The zero-order chi connectivity index (χ0) is 13.9. The maximum absolute atomic E-state index is 12.3. The van der Waals surface area contributed by atoms with Gasteiger partial charge in [-0.2, -0.15) is 0 Å². The molecule has 6 heteroatoms. The van der Waals surface area contributed by atoms with Crippen molar-refractivity contribution in [1.29, 1.82) is 0 Å². The Kier molecular flexibility index (Phi) is 4.89. The lowest BCUT2D eigenvalue weighted by Gasteiger charge is -2.26. The van der Waals surface area contributed by atoms with E-state index in [9.17, 15) is 8.42 Å². The highest BCUT2D eigenvalue weighted by Crippen LogP contribution is 2.22. The highest BCUT2D eigenvalue weighted by Gasteiger charge is 2.24. The van der Waals surface area contributed by atoms with E-state index in [2.05, 4.69) is 4.72 Å². The molecule has 0 heterocycles. The summed E-state index contributed by atoms with van der Waals surface area (Å²) in [5.74, 6) is 0. The third kappa shape index (κ3) is 3.95. The van der Waals surface area contributed by atoms with Crippen LogP contribution in [0.15, 0.2) is 34.1 Å². The molecule has 1 saturated carbocycles. The first-order chi connectivity index (χ1) is 9.01. The van der Waals surface area contributed by atoms with Gasteiger partial charge in [0.15, 0.2) is 0 Å². The van der Waals surface area contributed by atoms with Gasteiger partial charge in [-0.1, -0.05) is 6.07 Å². The molecule has 0 aromatic heterocycles. The fraction of sp³-hybridized carbons (Fsp3) is 0.538. The van der Waals surface area contributed by atoms with E-state index in [1.165, 1.54) is 11.8 Å². The maximum Gasteiger partial charge on any atom is 0.240 e. The quantitative estimate of drug-likeness (QED) is 0.834. The molecule has 1 aliphatic rings. The fourth-order valence-corrected chi connectivity index (χ4v) is 4.18. The molecule has 1 aliphatic carbocycles. The van der Waals surface area contributed by atoms with E-state index in [1.807, 2.05) is 12.3 Å². The number of hydrogen-bond donors (Lipinski definition) is 2. The maximum atomic E-state index is 12.3. The average molecular weight is 300 g/mol. The first kappa shape index (κ1) is 14.8. The molecule has 0 atom stereocenters. The van der Waals surface area contributed by atoms with E-state index in [0.29, 0.717) is 4.90 Å². The average Bonchev–Trinajstić information content (AvgIpc) is 2.41. The molecule has 0 spiro atoms. The van der Waals surface area contributed by atoms with Crippen molar-refractivity contribution in [2.45, 2.75) is 47.6 Å². The Hall–Kier alpha value is -0.560. The van der Waals surface area contributed by atoms with Crippen molar-refractivity contribution in [2.24, 2.45) is 5.73 Å². The Bertz CT molecular complexity index is 523. The molecule has 3 N–H and O–H groups in total. The molecule has 0 radical (unpaired) electrons. The number of rotatable bonds is 4. The second-order valence-electron chi connectivity index (χ2n) is 4.91. The summed E-state index contributed by atoms with van der Waals surface area (Å²) in [5, 5.41) is 0. The van der Waals surface area contributed by atoms with Gasteiger partial charge in [-0.05, 0) is 50.1 Å². The van der Waals surface area contributed by atoms with Crippen molar-refractivity contribution in [3.63, 3.8) is 0 Å². The van der Waals surface area contributed by atoms with Crippen LogP contribution in [0.25, 0.3) is 0 Å². The largest absolute Gasteiger partial charge is 0.328 e. The Morgan fingerprint density at radius 3 is 2.58 bits per heavy atom. The van der Waals surface area contributed by atoms with Crippen LogP contribution in [0.1, 0.15) is 25.7 Å². The minimum atomic E-state index is -3.41. The summed E-state index contributed by atoms with van der Waals surface area (Å²) in [5.41, 5.74) is 5.83. The van der Waals surface area contributed by atoms with Gasteiger partial charge < -0.3 is 5.73 Å². The van der Waals surface area contributed by atoms with Gasteiger partial charge in [0, 0.05) is 17.0 Å². The predicted octanol–water partition coefficient (Wildman–Crippen LogP) is 1.96. The first-order valence-electron chi connectivity index (χ1n) is 6.43. The van der Waals surface area contributed by atoms with Crippen LogP contribution in [-0.4, -0.2) is 26.8 Å². The summed E-state index contributed by atoms with van der Waals surface area (Å²) in [6.07, 6.45) is 5.35. The molecular formula is C13H20N2O2S2. The zero-order valence-electron chi connectivity index (χ0n) is 11.0. The lowest BCUT2D eigenvalue weighted by atomic mass is 9.93. The van der Waals surface area contributed by atoms with E-state index >= 15 is 0 Å². The standard InChI is InChI=1S/C13H20N2O2S2/c1-18-12-3-2-4-13(9-12)19(16,17)15-11-7-5-10(14)6-8-11/h2-4,9-11,15H,5-8,14H2,1H3. The van der Waals surface area contributed by atoms with Gasteiger partial charge in [-0.15, -0.1) is 11.8 Å². The lowest BCUT2D eigenvalue weighted by Crippen LogP contribution is -2.40. The molecule has 0 unspecified atom stereocenters. The number of sulfonamides is 1. The van der Waals surface area contributed by atoms with Crippen LogP contribution in [-0.2, 0) is 10.0 Å². The third-order valence-electron chi connectivity index (χ3n) is 3.45. The normalized spacial score (nSPS) is 24.3. The van der Waals surface area contributed by atoms with E-state index in [1.54, 1.807) is 18.2 Å². The summed E-state index contributed by atoms with van der Waals surface area (Å²) in [6, 6.07) is 7.27. The van der Waals surface area contributed by atoms with Crippen molar-refractivity contribution in [2.75, 3.05) is 6.26 Å². The van der Waals surface area contributed by atoms with Crippen LogP contribution >= 0.6 is 11.8 Å². The van der Waals surface area contributed by atoms with Gasteiger partial charge in [0.2, 0.25) is 10.0 Å². The molecule has 0 aliphatic heterocycles. The zero-order valence-corrected chi connectivity index (χ0v) is 12.6. The van der Waals surface area contributed by atoms with E-state index in [0.717, 1.165) is 30.6 Å². The van der Waals surface area contributed by atoms with Crippen LogP contribution in [0.3, 0.4) is 0 Å². The SMILES string of the molecule is CSc1cccc(S(=O)(=O)NC2CCC(N)CC2)c1. The van der Waals surface area contributed by atoms with Crippen LogP contribution in [0.4, 0.5) is 0 Å². The molecule has 106 valence electrons. The Labute approximate surface area is 119 Å². The topological polar surface area (TPSA) is 72.2 Å². The van der Waals surface area contributed by atoms with Crippen molar-refractivity contribution < 1.29 is 8.42 Å². The minimum Gasteiger partial charge on any atom is -0.328 e. The number of benzene rings is 1. The van der Waals surface area contributed by atoms with E-state index in [4.69, 9.17) is 5.73 Å². The molecule has 0 bridgehead atoms. The van der Waals surface area contributed by atoms with Gasteiger partial charge in [-0.25, -0.2) is 13.1 Å². The van der Waals surface area contributed by atoms with Gasteiger partial charge in [0.1, 0.15) is 0 Å². The summed E-state index contributed by atoms with van der Waals surface area (Å²) >= 11 is 1.54. The molecular weight excluding hydrogens is 280 g/mol. The number of hydrogen-bond acceptors (Lipinski definition) is 4. The Balaban J connectivity index is 2.09. The molecule has 2 rings (SSSR count). The van der Waals surface area contributed by atoms with Gasteiger partial charge in [0.05, 0.1) is 4.90 Å². The highest BCUT2D eigenvalue weighted by molar-refractivity contribution is 7.98. The molecule has 4 nitrogen and oxygen atoms in total. The third-order valence-corrected chi connectivity index (χ3v) is 5.69. The molecule has 1 aromatic carbocycles. The molecule has 0 amide bonds. The Morgan fingerprint density at radius 1 is 1.26 bits per heavy atom. The van der Waals surface area contributed by atoms with Crippen molar-refractivity contribution in [3.8, 4) is 0 Å². The molecule has 1 fully saturated rings. The van der Waals surface area contributed by atoms with Gasteiger partial charge in [-0.3, -0.25) is 0 Å². The number of nitrogens with two attached hydrogens (primary N) is 1. The minimum absolute atomic E-state index is 0.0164. The van der Waals surface area contributed by atoms with Gasteiger partial charge in [0.25, 0.3) is 0 Å². The second-order valence-corrected chi connectivity index (χ2v) is 7.51. The van der Waals surface area contributed by atoms with Crippen LogP contribution in [0.5, 0.6) is 0 Å². The predicted molar refractivity (Wildman–Crippen MR) is 78.8 cm³/mol. The number of thioether (sulfide) groups is 1. The highest BCUT2D eigenvalue weighted by atomic mass is 32.2. The first-order valence-corrected chi connectivity index (χ1v) is 9.14. The van der Waals surface area contributed by atoms with Crippen molar-refractivity contribution >= 4 is 21.8 Å².